The highest BCUT2D eigenvalue weighted by molar-refractivity contribution is 5.78. The van der Waals surface area contributed by atoms with E-state index in [-0.39, 0.29) is 63.7 Å². The van der Waals surface area contributed by atoms with Crippen LogP contribution in [0.1, 0.15) is 150 Å². The highest BCUT2D eigenvalue weighted by atomic mass is 16.6. The molecule has 0 unspecified atom stereocenters. The van der Waals surface area contributed by atoms with E-state index in [4.69, 9.17) is 18.9 Å². The molecule has 1 aliphatic rings. The van der Waals surface area contributed by atoms with Crippen molar-refractivity contribution in [2.75, 3.05) is 13.7 Å². The summed E-state index contributed by atoms with van der Waals surface area (Å²) in [6.07, 6.45) is 4.73. The number of benzene rings is 1. The van der Waals surface area contributed by atoms with Crippen molar-refractivity contribution in [2.45, 2.75) is 163 Å². The van der Waals surface area contributed by atoms with E-state index in [1.54, 1.807) is 12.1 Å². The van der Waals surface area contributed by atoms with Crippen molar-refractivity contribution in [1.29, 1.82) is 0 Å². The molecular formula is C42H74O10. The monoisotopic (exact) mass is 739 g/mol. The Morgan fingerprint density at radius 2 is 0.981 bits per heavy atom. The van der Waals surface area contributed by atoms with Crippen LogP contribution < -0.4 is 4.74 Å². The Morgan fingerprint density at radius 1 is 0.596 bits per heavy atom. The third-order valence-electron chi connectivity index (χ3n) is 6.40. The summed E-state index contributed by atoms with van der Waals surface area (Å²) in [5.41, 5.74) is -1.87. The van der Waals surface area contributed by atoms with Crippen LogP contribution in [0.25, 0.3) is 0 Å². The van der Waals surface area contributed by atoms with Crippen LogP contribution >= 0.6 is 0 Å². The number of esters is 5. The highest BCUT2D eigenvalue weighted by Gasteiger charge is 2.28. The lowest BCUT2D eigenvalue weighted by atomic mass is 9.97. The number of carbonyl (C=O) groups is 5. The molecule has 1 saturated carbocycles. The zero-order valence-corrected chi connectivity index (χ0v) is 36.2. The summed E-state index contributed by atoms with van der Waals surface area (Å²) in [6, 6.07) is 9.10. The van der Waals surface area contributed by atoms with Crippen LogP contribution in [0.2, 0.25) is 0 Å². The van der Waals surface area contributed by atoms with Gasteiger partial charge in [0.05, 0.1) is 46.9 Å². The molecule has 0 atom stereocenters. The van der Waals surface area contributed by atoms with E-state index in [1.165, 1.54) is 20.0 Å². The van der Waals surface area contributed by atoms with E-state index in [1.807, 2.05) is 143 Å². The molecule has 0 saturated heterocycles. The number of ether oxygens (including phenoxy) is 5. The molecule has 0 N–H and O–H groups in total. The summed E-state index contributed by atoms with van der Waals surface area (Å²) >= 11 is 0. The topological polar surface area (TPSA) is 132 Å². The fourth-order valence-electron chi connectivity index (χ4n) is 3.13. The summed E-state index contributed by atoms with van der Waals surface area (Å²) in [5, 5.41) is 0. The molecule has 1 aromatic rings. The Balaban J connectivity index is -0.000000584. The van der Waals surface area contributed by atoms with E-state index in [2.05, 4.69) is 4.74 Å². The van der Waals surface area contributed by atoms with Gasteiger partial charge in [-0.2, -0.15) is 0 Å². The first-order chi connectivity index (χ1) is 23.3. The largest absolute Gasteiger partial charge is 0.469 e. The summed E-state index contributed by atoms with van der Waals surface area (Å²) in [4.78, 5) is 55.3. The molecule has 0 radical (unpaired) electrons. The van der Waals surface area contributed by atoms with Gasteiger partial charge in [-0.3, -0.25) is 24.0 Å². The summed E-state index contributed by atoms with van der Waals surface area (Å²) in [6.45, 7) is 33.7. The number of carbonyl (C=O) groups excluding carboxylic acids is 5. The van der Waals surface area contributed by atoms with Crippen molar-refractivity contribution >= 4 is 29.8 Å². The normalized spacial score (nSPS) is 13.2. The Hall–Kier alpha value is -3.43. The van der Waals surface area contributed by atoms with Crippen LogP contribution in [0.4, 0.5) is 0 Å². The molecule has 10 nitrogen and oxygen atoms in total. The predicted octanol–water partition coefficient (Wildman–Crippen LogP) is 9.94. The molecule has 0 aromatic heterocycles. The van der Waals surface area contributed by atoms with Crippen molar-refractivity contribution in [3.8, 4) is 5.75 Å². The summed E-state index contributed by atoms with van der Waals surface area (Å²) in [7, 11) is 1.40. The number of methoxy groups -OCH3 is 1. The molecule has 1 aromatic carbocycles. The van der Waals surface area contributed by atoms with Gasteiger partial charge >= 0.3 is 29.8 Å². The maximum atomic E-state index is 11.4. The fraction of sp³-hybridized carbons (Fsp3) is 0.738. The van der Waals surface area contributed by atoms with Crippen LogP contribution in [0.15, 0.2) is 30.3 Å². The lowest BCUT2D eigenvalue weighted by Gasteiger charge is -2.20. The van der Waals surface area contributed by atoms with Crippen LogP contribution in [0.5, 0.6) is 5.75 Å². The van der Waals surface area contributed by atoms with Crippen molar-refractivity contribution < 1.29 is 47.7 Å². The van der Waals surface area contributed by atoms with Crippen molar-refractivity contribution in [3.05, 3.63) is 30.3 Å². The fourth-order valence-corrected chi connectivity index (χ4v) is 3.13. The quantitative estimate of drug-likeness (QED) is 0.167. The van der Waals surface area contributed by atoms with Gasteiger partial charge in [0.15, 0.2) is 0 Å². The maximum Gasteiger partial charge on any atom is 0.316 e. The van der Waals surface area contributed by atoms with Crippen LogP contribution in [0, 0.1) is 27.1 Å². The van der Waals surface area contributed by atoms with E-state index in [9.17, 15) is 24.0 Å². The number of hydrogen-bond donors (Lipinski definition) is 0. The molecule has 0 heterocycles. The Bertz CT molecular complexity index is 1180. The highest BCUT2D eigenvalue weighted by Crippen LogP contribution is 2.25. The van der Waals surface area contributed by atoms with Gasteiger partial charge in [0.1, 0.15) is 11.9 Å². The second-order valence-corrected chi connectivity index (χ2v) is 17.9. The van der Waals surface area contributed by atoms with E-state index >= 15 is 0 Å². The van der Waals surface area contributed by atoms with E-state index < -0.39 is 5.41 Å². The third-order valence-corrected chi connectivity index (χ3v) is 6.40. The third kappa shape index (κ3) is 28.2. The SMILES string of the molecule is CC(C)(C)C(=O)OC1CCCC1.CC(C)(C)C(=O)Oc1ccccc1.CC(C)OC(=O)C(C)(C)C.CCOC(=O)C(C)(C)C.COC(=O)C(C)(C)C. The smallest absolute Gasteiger partial charge is 0.316 e. The molecule has 1 fully saturated rings. The molecule has 0 spiro atoms. The van der Waals surface area contributed by atoms with E-state index in [0.717, 1.165) is 12.8 Å². The van der Waals surface area contributed by atoms with Gasteiger partial charge in [-0.05, 0) is 162 Å². The number of para-hydroxylation sites is 1. The van der Waals surface area contributed by atoms with Gasteiger partial charge in [-0.25, -0.2) is 0 Å². The lowest BCUT2D eigenvalue weighted by Crippen LogP contribution is -2.26. The average Bonchev–Trinajstić information content (AvgIpc) is 3.49. The molecule has 302 valence electrons. The molecular weight excluding hydrogens is 664 g/mol. The predicted molar refractivity (Wildman–Crippen MR) is 208 cm³/mol. The average molecular weight is 739 g/mol. The summed E-state index contributed by atoms with van der Waals surface area (Å²) < 4.78 is 24.7. The van der Waals surface area contributed by atoms with Crippen LogP contribution in [-0.4, -0.2) is 55.8 Å². The zero-order chi connectivity index (χ0) is 41.7. The molecule has 52 heavy (non-hydrogen) atoms. The first kappa shape index (κ1) is 52.9. The number of rotatable bonds is 4. The second kappa shape index (κ2) is 24.0. The van der Waals surface area contributed by atoms with Crippen molar-refractivity contribution in [2.24, 2.45) is 27.1 Å². The zero-order valence-electron chi connectivity index (χ0n) is 36.2. The molecule has 2 rings (SSSR count). The van der Waals surface area contributed by atoms with Gasteiger partial charge in [0, 0.05) is 0 Å². The van der Waals surface area contributed by atoms with Gasteiger partial charge in [-0.15, -0.1) is 0 Å². The lowest BCUT2D eigenvalue weighted by molar-refractivity contribution is -0.158. The Labute approximate surface area is 316 Å². The first-order valence-corrected chi connectivity index (χ1v) is 18.3. The van der Waals surface area contributed by atoms with Gasteiger partial charge in [0.2, 0.25) is 0 Å². The molecule has 1 aliphatic carbocycles. The number of hydrogen-bond acceptors (Lipinski definition) is 10. The van der Waals surface area contributed by atoms with E-state index in [0.29, 0.717) is 12.4 Å². The minimum absolute atomic E-state index is 0.00766. The van der Waals surface area contributed by atoms with Crippen LogP contribution in [-0.2, 0) is 42.9 Å². The first-order valence-electron chi connectivity index (χ1n) is 18.3. The molecule has 0 amide bonds. The van der Waals surface area contributed by atoms with Crippen molar-refractivity contribution in [3.63, 3.8) is 0 Å². The molecule has 10 heteroatoms. The second-order valence-electron chi connectivity index (χ2n) is 17.9. The van der Waals surface area contributed by atoms with Crippen molar-refractivity contribution in [1.82, 2.24) is 0 Å². The van der Waals surface area contributed by atoms with Crippen LogP contribution in [0.3, 0.4) is 0 Å². The maximum absolute atomic E-state index is 11.4. The summed E-state index contributed by atoms with van der Waals surface area (Å²) in [5.74, 6) is -0.111. The van der Waals surface area contributed by atoms with Gasteiger partial charge < -0.3 is 23.7 Å². The minimum Gasteiger partial charge on any atom is -0.469 e. The standard InChI is InChI=1S/C11H14O2.C10H18O2.C8H16O2.C7H14O2.C6H12O2/c1-11(2,3)10(12)13-9-7-5-4-6-8-9;1-10(2,3)9(11)12-8-6-4-5-7-8;1-6(2)10-7(9)8(3,4)5;1-5-9-6(8)7(2,3)4;1-6(2,3)5(7)8-4/h4-8H,1-3H3;8H,4-7H2,1-3H3;6H,1-5H3;5H2,1-4H3;1-4H3. The minimum atomic E-state index is -0.449. The molecule has 0 bridgehead atoms. The van der Waals surface area contributed by atoms with Gasteiger partial charge in [-0.1, -0.05) is 18.2 Å². The van der Waals surface area contributed by atoms with Gasteiger partial charge in [0.25, 0.3) is 0 Å². The molecule has 0 aliphatic heterocycles. The Kier molecular flexibility index (Phi) is 24.4. The Morgan fingerprint density at radius 3 is 1.23 bits per heavy atom.